The number of unbranched alkanes of at least 4 members (excludes halogenated alkanes) is 8. The van der Waals surface area contributed by atoms with Crippen molar-refractivity contribution >= 4 is 5.97 Å². The molecule has 2 heterocycles. The Morgan fingerprint density at radius 1 is 0.854 bits per heavy atom. The van der Waals surface area contributed by atoms with E-state index in [-0.39, 0.29) is 31.0 Å². The SMILES string of the molecule is CCCCCCCC(CCCCCCC(O)(O)O)C(=O)OCC(COC)N1CCC2(CCN(CCCCO)C2)CC1. The van der Waals surface area contributed by atoms with Crippen molar-refractivity contribution < 1.29 is 34.7 Å². The molecular weight excluding hydrogens is 524 g/mol. The Labute approximate surface area is 249 Å². The van der Waals surface area contributed by atoms with Crippen LogP contribution < -0.4 is 0 Å². The van der Waals surface area contributed by atoms with Gasteiger partial charge in [0.25, 0.3) is 5.97 Å². The summed E-state index contributed by atoms with van der Waals surface area (Å²) in [5.74, 6) is -2.78. The van der Waals surface area contributed by atoms with Crippen molar-refractivity contribution in [2.45, 2.75) is 128 Å². The standard InChI is InChI=1S/C32H62N2O7/c1-3-4-5-6-9-14-28(15-10-7-8-11-16-32(37,38)39)30(36)41-26-29(25-40-2)34-22-18-31(19-23-34)17-21-33(27-31)20-12-13-24-35/h28-29,35,37-39H,3-27H2,1-2H3. The van der Waals surface area contributed by atoms with Crippen molar-refractivity contribution in [2.24, 2.45) is 11.3 Å². The predicted octanol–water partition coefficient (Wildman–Crippen LogP) is 4.05. The van der Waals surface area contributed by atoms with E-state index < -0.39 is 5.97 Å². The molecule has 41 heavy (non-hydrogen) atoms. The number of rotatable bonds is 23. The minimum atomic E-state index is -2.59. The van der Waals surface area contributed by atoms with E-state index in [1.165, 1.54) is 38.5 Å². The van der Waals surface area contributed by atoms with Gasteiger partial charge in [-0.25, -0.2) is 0 Å². The lowest BCUT2D eigenvalue weighted by Crippen LogP contribution is -2.49. The minimum Gasteiger partial charge on any atom is -0.464 e. The topological polar surface area (TPSA) is 123 Å². The summed E-state index contributed by atoms with van der Waals surface area (Å²) in [7, 11) is 1.72. The highest BCUT2D eigenvalue weighted by Gasteiger charge is 2.41. The Bertz CT molecular complexity index is 679. The largest absolute Gasteiger partial charge is 0.464 e. The second-order valence-corrected chi connectivity index (χ2v) is 12.9. The van der Waals surface area contributed by atoms with Crippen LogP contribution in [0.4, 0.5) is 0 Å². The Morgan fingerprint density at radius 2 is 1.49 bits per heavy atom. The number of esters is 1. The lowest BCUT2D eigenvalue weighted by atomic mass is 9.77. The molecule has 2 rings (SSSR count). The highest BCUT2D eigenvalue weighted by atomic mass is 16.7. The number of carbonyl (C=O) groups is 1. The normalized spacial score (nSPS) is 19.6. The Hall–Kier alpha value is -0.810. The van der Waals surface area contributed by atoms with E-state index in [2.05, 4.69) is 16.7 Å². The first-order valence-electron chi connectivity index (χ1n) is 16.6. The van der Waals surface area contributed by atoms with Crippen LogP contribution in [0.3, 0.4) is 0 Å². The number of methoxy groups -OCH3 is 1. The molecule has 4 N–H and O–H groups in total. The van der Waals surface area contributed by atoms with E-state index in [1.54, 1.807) is 7.11 Å². The van der Waals surface area contributed by atoms with Crippen LogP contribution in [-0.4, -0.2) is 108 Å². The van der Waals surface area contributed by atoms with Gasteiger partial charge in [0.2, 0.25) is 0 Å². The zero-order chi connectivity index (χ0) is 30.0. The molecule has 0 aliphatic carbocycles. The first-order chi connectivity index (χ1) is 19.7. The van der Waals surface area contributed by atoms with E-state index in [4.69, 9.17) is 29.9 Å². The molecule has 2 atom stereocenters. The molecule has 0 aromatic rings. The second kappa shape index (κ2) is 20.2. The van der Waals surface area contributed by atoms with Crippen LogP contribution in [0, 0.1) is 11.3 Å². The highest BCUT2D eigenvalue weighted by molar-refractivity contribution is 5.72. The molecule has 2 aliphatic rings. The predicted molar refractivity (Wildman–Crippen MR) is 161 cm³/mol. The summed E-state index contributed by atoms with van der Waals surface area (Å²) in [6.45, 7) is 8.83. The molecule has 9 heteroatoms. The molecule has 2 saturated heterocycles. The van der Waals surface area contributed by atoms with Gasteiger partial charge in [0, 0.05) is 26.7 Å². The van der Waals surface area contributed by atoms with Crippen molar-refractivity contribution in [1.29, 1.82) is 0 Å². The van der Waals surface area contributed by atoms with Crippen LogP contribution in [0.2, 0.25) is 0 Å². The second-order valence-electron chi connectivity index (χ2n) is 12.9. The average molecular weight is 587 g/mol. The van der Waals surface area contributed by atoms with Crippen LogP contribution in [0.15, 0.2) is 0 Å². The van der Waals surface area contributed by atoms with Crippen molar-refractivity contribution in [1.82, 2.24) is 9.80 Å². The number of carbonyl (C=O) groups excluding carboxylic acids is 1. The van der Waals surface area contributed by atoms with Gasteiger partial charge in [-0.05, 0) is 83.0 Å². The Morgan fingerprint density at radius 3 is 2.10 bits per heavy atom. The number of nitrogens with zero attached hydrogens (tertiary/aromatic N) is 2. The first kappa shape index (κ1) is 36.4. The smallest absolute Gasteiger partial charge is 0.308 e. The van der Waals surface area contributed by atoms with E-state index in [9.17, 15) is 4.79 Å². The van der Waals surface area contributed by atoms with Gasteiger partial charge in [-0.2, -0.15) is 0 Å². The highest BCUT2D eigenvalue weighted by Crippen LogP contribution is 2.40. The van der Waals surface area contributed by atoms with Gasteiger partial charge >= 0.3 is 5.97 Å². The van der Waals surface area contributed by atoms with Gasteiger partial charge in [0.1, 0.15) is 6.61 Å². The van der Waals surface area contributed by atoms with Crippen LogP contribution in [0.5, 0.6) is 0 Å². The molecule has 1 spiro atoms. The van der Waals surface area contributed by atoms with Gasteiger partial charge in [-0.3, -0.25) is 9.69 Å². The molecule has 0 bridgehead atoms. The number of ether oxygens (including phenoxy) is 2. The zero-order valence-electron chi connectivity index (χ0n) is 26.2. The van der Waals surface area contributed by atoms with Crippen molar-refractivity contribution in [2.75, 3.05) is 59.7 Å². The number of hydrogen-bond donors (Lipinski definition) is 4. The third-order valence-corrected chi connectivity index (χ3v) is 9.36. The van der Waals surface area contributed by atoms with Crippen molar-refractivity contribution in [3.8, 4) is 0 Å². The average Bonchev–Trinajstić information content (AvgIpc) is 3.33. The molecule has 2 aliphatic heterocycles. The molecule has 0 aromatic heterocycles. The fraction of sp³-hybridized carbons (Fsp3) is 0.969. The third-order valence-electron chi connectivity index (χ3n) is 9.36. The van der Waals surface area contributed by atoms with Gasteiger partial charge in [0.15, 0.2) is 0 Å². The van der Waals surface area contributed by atoms with E-state index in [0.717, 1.165) is 90.5 Å². The fourth-order valence-corrected chi connectivity index (χ4v) is 6.67. The van der Waals surface area contributed by atoms with E-state index in [1.807, 2.05) is 0 Å². The molecule has 242 valence electrons. The van der Waals surface area contributed by atoms with Gasteiger partial charge in [-0.1, -0.05) is 58.3 Å². The molecule has 2 unspecified atom stereocenters. The molecular formula is C32H62N2O7. The lowest BCUT2D eigenvalue weighted by Gasteiger charge is -2.42. The summed E-state index contributed by atoms with van der Waals surface area (Å²) in [6.07, 6.45) is 16.0. The number of aliphatic hydroxyl groups is 4. The summed E-state index contributed by atoms with van der Waals surface area (Å²) in [6, 6.07) is 0.0734. The van der Waals surface area contributed by atoms with E-state index in [0.29, 0.717) is 25.0 Å². The fourth-order valence-electron chi connectivity index (χ4n) is 6.67. The van der Waals surface area contributed by atoms with Crippen molar-refractivity contribution in [3.05, 3.63) is 0 Å². The number of piperidine rings is 1. The van der Waals surface area contributed by atoms with Crippen LogP contribution in [0.1, 0.15) is 116 Å². The van der Waals surface area contributed by atoms with Crippen LogP contribution in [0.25, 0.3) is 0 Å². The molecule has 0 aromatic carbocycles. The first-order valence-corrected chi connectivity index (χ1v) is 16.6. The van der Waals surface area contributed by atoms with Crippen LogP contribution >= 0.6 is 0 Å². The maximum Gasteiger partial charge on any atom is 0.308 e. The molecule has 0 radical (unpaired) electrons. The van der Waals surface area contributed by atoms with Gasteiger partial charge < -0.3 is 34.8 Å². The summed E-state index contributed by atoms with van der Waals surface area (Å²) in [5, 5.41) is 36.3. The number of aliphatic hydroxyl groups excluding tert-OH is 1. The number of likely N-dealkylation sites (tertiary alicyclic amines) is 2. The Kier molecular flexibility index (Phi) is 17.9. The maximum absolute atomic E-state index is 13.3. The maximum atomic E-state index is 13.3. The Balaban J connectivity index is 1.80. The summed E-state index contributed by atoms with van der Waals surface area (Å²) >= 11 is 0. The third kappa shape index (κ3) is 15.0. The van der Waals surface area contributed by atoms with Crippen molar-refractivity contribution in [3.63, 3.8) is 0 Å². The summed E-state index contributed by atoms with van der Waals surface area (Å²) in [5.41, 5.74) is 0.403. The molecule has 0 saturated carbocycles. The monoisotopic (exact) mass is 586 g/mol. The lowest BCUT2D eigenvalue weighted by molar-refractivity contribution is -0.315. The van der Waals surface area contributed by atoms with Gasteiger partial charge in [0.05, 0.1) is 18.6 Å². The summed E-state index contributed by atoms with van der Waals surface area (Å²) < 4.78 is 11.5. The molecule has 9 nitrogen and oxygen atoms in total. The minimum absolute atomic E-state index is 0.0582. The zero-order valence-corrected chi connectivity index (χ0v) is 26.2. The van der Waals surface area contributed by atoms with Crippen LogP contribution in [-0.2, 0) is 14.3 Å². The quantitative estimate of drug-likeness (QED) is 0.0798. The van der Waals surface area contributed by atoms with Gasteiger partial charge in [-0.15, -0.1) is 0 Å². The number of hydrogen-bond acceptors (Lipinski definition) is 9. The van der Waals surface area contributed by atoms with E-state index >= 15 is 0 Å². The molecule has 0 amide bonds. The summed E-state index contributed by atoms with van der Waals surface area (Å²) in [4.78, 5) is 18.3. The molecule has 2 fully saturated rings.